The van der Waals surface area contributed by atoms with E-state index in [2.05, 4.69) is 4.72 Å². The van der Waals surface area contributed by atoms with Crippen LogP contribution in [0, 0.1) is 0 Å². The molecule has 0 heterocycles. The number of sulfonamides is 1. The molecule has 19 heavy (non-hydrogen) atoms. The zero-order valence-corrected chi connectivity index (χ0v) is 11.3. The first-order valence-corrected chi connectivity index (χ1v) is 7.02. The molecule has 0 unspecified atom stereocenters. The molecule has 0 fully saturated rings. The SMILES string of the molecule is CNS(=O)(=O)c1cc(C(=O)OC)c2ccccc2c1. The van der Waals surface area contributed by atoms with Gasteiger partial charge in [-0.2, -0.15) is 0 Å². The standard InChI is InChI=1S/C13H13NO4S/c1-14-19(16,17)10-7-9-5-3-4-6-11(9)12(8-10)13(15)18-2/h3-8,14H,1-2H3. The third-order valence-corrected chi connectivity index (χ3v) is 4.21. The van der Waals surface area contributed by atoms with E-state index in [1.807, 2.05) is 0 Å². The lowest BCUT2D eigenvalue weighted by Crippen LogP contribution is -2.19. The maximum Gasteiger partial charge on any atom is 0.338 e. The molecule has 5 nitrogen and oxygen atoms in total. The van der Waals surface area contributed by atoms with Crippen LogP contribution < -0.4 is 4.72 Å². The summed E-state index contributed by atoms with van der Waals surface area (Å²) in [6, 6.07) is 9.89. The average molecular weight is 279 g/mol. The van der Waals surface area contributed by atoms with Crippen molar-refractivity contribution in [1.82, 2.24) is 4.72 Å². The Labute approximate surface area is 111 Å². The third-order valence-electron chi connectivity index (χ3n) is 2.82. The van der Waals surface area contributed by atoms with Crippen LogP contribution in [0.1, 0.15) is 10.4 Å². The smallest absolute Gasteiger partial charge is 0.338 e. The Kier molecular flexibility index (Phi) is 3.55. The van der Waals surface area contributed by atoms with Gasteiger partial charge in [-0.05, 0) is 30.0 Å². The average Bonchev–Trinajstić information content (AvgIpc) is 2.45. The van der Waals surface area contributed by atoms with Gasteiger partial charge in [0.2, 0.25) is 10.0 Å². The normalized spacial score (nSPS) is 11.5. The monoisotopic (exact) mass is 279 g/mol. The summed E-state index contributed by atoms with van der Waals surface area (Å²) in [5.41, 5.74) is 0.231. The lowest BCUT2D eigenvalue weighted by molar-refractivity contribution is 0.0602. The quantitative estimate of drug-likeness (QED) is 0.865. The van der Waals surface area contributed by atoms with Gasteiger partial charge >= 0.3 is 5.97 Å². The molecule has 0 aliphatic carbocycles. The van der Waals surface area contributed by atoms with E-state index in [1.165, 1.54) is 26.3 Å². The fourth-order valence-electron chi connectivity index (χ4n) is 1.83. The van der Waals surface area contributed by atoms with Gasteiger partial charge in [0.25, 0.3) is 0 Å². The van der Waals surface area contributed by atoms with Gasteiger partial charge in [-0.3, -0.25) is 0 Å². The molecule has 2 aromatic carbocycles. The molecule has 0 spiro atoms. The summed E-state index contributed by atoms with van der Waals surface area (Å²) in [7, 11) is -1.03. The number of carbonyl (C=O) groups is 1. The van der Waals surface area contributed by atoms with Crippen molar-refractivity contribution in [2.45, 2.75) is 4.90 Å². The van der Waals surface area contributed by atoms with Crippen molar-refractivity contribution in [3.63, 3.8) is 0 Å². The molecule has 6 heteroatoms. The van der Waals surface area contributed by atoms with E-state index in [0.717, 1.165) is 0 Å². The number of benzene rings is 2. The number of hydrogen-bond donors (Lipinski definition) is 1. The number of hydrogen-bond acceptors (Lipinski definition) is 4. The minimum absolute atomic E-state index is 0.0362. The van der Waals surface area contributed by atoms with E-state index in [4.69, 9.17) is 4.74 Å². The Balaban J connectivity index is 2.81. The van der Waals surface area contributed by atoms with Crippen molar-refractivity contribution in [1.29, 1.82) is 0 Å². The molecule has 0 saturated carbocycles. The lowest BCUT2D eigenvalue weighted by Gasteiger charge is -2.09. The fourth-order valence-corrected chi connectivity index (χ4v) is 2.63. The zero-order chi connectivity index (χ0) is 14.0. The van der Waals surface area contributed by atoms with Gasteiger partial charge in [-0.25, -0.2) is 17.9 Å². The van der Waals surface area contributed by atoms with Crippen LogP contribution in [0.15, 0.2) is 41.3 Å². The van der Waals surface area contributed by atoms with Crippen LogP contribution >= 0.6 is 0 Å². The minimum Gasteiger partial charge on any atom is -0.465 e. The molecule has 0 aliphatic heterocycles. The van der Waals surface area contributed by atoms with E-state index < -0.39 is 16.0 Å². The summed E-state index contributed by atoms with van der Waals surface area (Å²) in [6.45, 7) is 0. The van der Waals surface area contributed by atoms with Crippen LogP contribution in [0.25, 0.3) is 10.8 Å². The summed E-state index contributed by atoms with van der Waals surface area (Å²) in [4.78, 5) is 11.8. The molecular formula is C13H13NO4S. The van der Waals surface area contributed by atoms with Crippen LogP contribution in [-0.4, -0.2) is 28.5 Å². The first-order chi connectivity index (χ1) is 8.99. The summed E-state index contributed by atoms with van der Waals surface area (Å²) in [5.74, 6) is -0.565. The van der Waals surface area contributed by atoms with Crippen LogP contribution in [0.4, 0.5) is 0 Å². The number of ether oxygens (including phenoxy) is 1. The van der Waals surface area contributed by atoms with Crippen molar-refractivity contribution < 1.29 is 17.9 Å². The number of carbonyl (C=O) groups excluding carboxylic acids is 1. The van der Waals surface area contributed by atoms with Crippen LogP contribution in [0.3, 0.4) is 0 Å². The van der Waals surface area contributed by atoms with Gasteiger partial charge in [-0.1, -0.05) is 24.3 Å². The molecule has 2 aromatic rings. The van der Waals surface area contributed by atoms with Gasteiger partial charge in [-0.15, -0.1) is 0 Å². The molecule has 2 rings (SSSR count). The molecule has 0 amide bonds. The second-order valence-electron chi connectivity index (χ2n) is 3.89. The Morgan fingerprint density at radius 2 is 1.89 bits per heavy atom. The first-order valence-electron chi connectivity index (χ1n) is 5.54. The largest absolute Gasteiger partial charge is 0.465 e. The molecule has 1 N–H and O–H groups in total. The van der Waals surface area contributed by atoms with E-state index in [9.17, 15) is 13.2 Å². The molecule has 0 aliphatic rings. The topological polar surface area (TPSA) is 72.5 Å². The first kappa shape index (κ1) is 13.5. The molecule has 0 radical (unpaired) electrons. The van der Waals surface area contributed by atoms with Gasteiger partial charge in [0, 0.05) is 0 Å². The molecule has 0 atom stereocenters. The highest BCUT2D eigenvalue weighted by Crippen LogP contribution is 2.24. The Morgan fingerprint density at radius 3 is 2.53 bits per heavy atom. The molecule has 100 valence electrons. The second kappa shape index (κ2) is 4.99. The molecule has 0 bridgehead atoms. The number of nitrogens with one attached hydrogen (secondary N) is 1. The summed E-state index contributed by atoms with van der Waals surface area (Å²) in [5, 5.41) is 1.32. The van der Waals surface area contributed by atoms with Crippen molar-refractivity contribution in [2.75, 3.05) is 14.2 Å². The predicted molar refractivity (Wildman–Crippen MR) is 71.5 cm³/mol. The third kappa shape index (κ3) is 2.45. The highest BCUT2D eigenvalue weighted by Gasteiger charge is 2.18. The van der Waals surface area contributed by atoms with Gasteiger partial charge in [0.05, 0.1) is 17.6 Å². The second-order valence-corrected chi connectivity index (χ2v) is 5.78. The maximum absolute atomic E-state index is 11.8. The van der Waals surface area contributed by atoms with Gasteiger partial charge in [0.1, 0.15) is 0 Å². The summed E-state index contributed by atoms with van der Waals surface area (Å²) in [6.07, 6.45) is 0. The van der Waals surface area contributed by atoms with E-state index in [0.29, 0.717) is 10.8 Å². The maximum atomic E-state index is 11.8. The lowest BCUT2D eigenvalue weighted by atomic mass is 10.0. The van der Waals surface area contributed by atoms with E-state index >= 15 is 0 Å². The van der Waals surface area contributed by atoms with E-state index in [1.54, 1.807) is 24.3 Å². The molecule has 0 aromatic heterocycles. The van der Waals surface area contributed by atoms with Gasteiger partial charge < -0.3 is 4.74 Å². The van der Waals surface area contributed by atoms with Crippen molar-refractivity contribution >= 4 is 26.8 Å². The van der Waals surface area contributed by atoms with Crippen LogP contribution in [0.5, 0.6) is 0 Å². The number of esters is 1. The Bertz CT molecular complexity index is 737. The van der Waals surface area contributed by atoms with Crippen molar-refractivity contribution in [3.8, 4) is 0 Å². The zero-order valence-electron chi connectivity index (χ0n) is 10.5. The summed E-state index contributed by atoms with van der Waals surface area (Å²) < 4.78 is 30.6. The highest BCUT2D eigenvalue weighted by atomic mass is 32.2. The highest BCUT2D eigenvalue weighted by molar-refractivity contribution is 7.89. The fraction of sp³-hybridized carbons (Fsp3) is 0.154. The predicted octanol–water partition coefficient (Wildman–Crippen LogP) is 1.53. The molecular weight excluding hydrogens is 266 g/mol. The Hall–Kier alpha value is -1.92. The van der Waals surface area contributed by atoms with Crippen molar-refractivity contribution in [3.05, 3.63) is 42.0 Å². The number of rotatable bonds is 3. The summed E-state index contributed by atoms with van der Waals surface area (Å²) >= 11 is 0. The van der Waals surface area contributed by atoms with Crippen LogP contribution in [0.2, 0.25) is 0 Å². The van der Waals surface area contributed by atoms with E-state index in [-0.39, 0.29) is 10.5 Å². The van der Waals surface area contributed by atoms with Crippen molar-refractivity contribution in [2.24, 2.45) is 0 Å². The molecule has 0 saturated heterocycles. The Morgan fingerprint density at radius 1 is 1.21 bits per heavy atom. The minimum atomic E-state index is -3.61. The van der Waals surface area contributed by atoms with Crippen LogP contribution in [-0.2, 0) is 14.8 Å². The number of methoxy groups -OCH3 is 1. The number of fused-ring (bicyclic) bond motifs is 1. The van der Waals surface area contributed by atoms with Gasteiger partial charge in [0.15, 0.2) is 0 Å².